The highest BCUT2D eigenvalue weighted by molar-refractivity contribution is 5.91. The van der Waals surface area contributed by atoms with Crippen LogP contribution in [0.1, 0.15) is 22.5 Å². The second kappa shape index (κ2) is 9.14. The van der Waals surface area contributed by atoms with Crippen molar-refractivity contribution in [3.8, 4) is 5.69 Å². The largest absolute Gasteiger partial charge is 0.383 e. The molecule has 0 unspecified atom stereocenters. The number of methoxy groups -OCH3 is 1. The maximum atomic E-state index is 12.1. The molecule has 2 aromatic rings. The summed E-state index contributed by atoms with van der Waals surface area (Å²) in [5, 5.41) is 10.8. The predicted octanol–water partition coefficient (Wildman–Crippen LogP) is 1.27. The van der Waals surface area contributed by atoms with Gasteiger partial charge in [0.05, 0.1) is 18.5 Å². The van der Waals surface area contributed by atoms with Crippen molar-refractivity contribution in [1.29, 1.82) is 0 Å². The lowest BCUT2D eigenvalue weighted by Crippen LogP contribution is -2.29. The Hall–Kier alpha value is -2.25. The number of nitrogens with zero attached hydrogens (tertiary/aromatic N) is 4. The average molecular weight is 331 g/mol. The Morgan fingerprint density at radius 2 is 2.04 bits per heavy atom. The number of carbonyl (C=O) groups is 1. The molecule has 0 saturated carbocycles. The molecular weight excluding hydrogens is 306 g/mol. The van der Waals surface area contributed by atoms with Crippen LogP contribution in [0.4, 0.5) is 0 Å². The van der Waals surface area contributed by atoms with Gasteiger partial charge in [0, 0.05) is 20.2 Å². The van der Waals surface area contributed by atoms with Crippen molar-refractivity contribution >= 4 is 5.91 Å². The molecule has 130 valence electrons. The van der Waals surface area contributed by atoms with E-state index in [1.165, 1.54) is 5.56 Å². The number of benzene rings is 1. The van der Waals surface area contributed by atoms with Gasteiger partial charge < -0.3 is 15.0 Å². The topological polar surface area (TPSA) is 72.3 Å². The van der Waals surface area contributed by atoms with Crippen LogP contribution in [0.25, 0.3) is 5.69 Å². The molecule has 0 aliphatic heterocycles. The van der Waals surface area contributed by atoms with E-state index in [4.69, 9.17) is 4.74 Å². The van der Waals surface area contributed by atoms with Crippen molar-refractivity contribution in [2.75, 3.05) is 40.4 Å². The quantitative estimate of drug-likeness (QED) is 0.701. The van der Waals surface area contributed by atoms with E-state index in [9.17, 15) is 4.79 Å². The molecule has 7 nitrogen and oxygen atoms in total. The van der Waals surface area contributed by atoms with Crippen LogP contribution in [0.5, 0.6) is 0 Å². The molecule has 0 spiro atoms. The van der Waals surface area contributed by atoms with E-state index in [1.54, 1.807) is 18.0 Å². The number of hydrogen-bond acceptors (Lipinski definition) is 5. The first-order valence-electron chi connectivity index (χ1n) is 8.05. The van der Waals surface area contributed by atoms with Gasteiger partial charge in [-0.2, -0.15) is 0 Å². The molecule has 1 aromatic heterocycles. The lowest BCUT2D eigenvalue weighted by Gasteiger charge is -2.15. The highest BCUT2D eigenvalue weighted by Gasteiger charge is 2.11. The van der Waals surface area contributed by atoms with Crippen molar-refractivity contribution in [1.82, 2.24) is 25.2 Å². The predicted molar refractivity (Wildman–Crippen MR) is 92.4 cm³/mol. The highest BCUT2D eigenvalue weighted by atomic mass is 16.5. The number of rotatable bonds is 9. The normalized spacial score (nSPS) is 11.0. The zero-order valence-corrected chi connectivity index (χ0v) is 14.5. The lowest BCUT2D eigenvalue weighted by atomic mass is 10.2. The summed E-state index contributed by atoms with van der Waals surface area (Å²) in [6, 6.07) is 7.89. The van der Waals surface area contributed by atoms with Crippen LogP contribution in [0.3, 0.4) is 0 Å². The third kappa shape index (κ3) is 5.43. The van der Waals surface area contributed by atoms with Crippen molar-refractivity contribution in [3.05, 3.63) is 41.7 Å². The van der Waals surface area contributed by atoms with Crippen LogP contribution >= 0.6 is 0 Å². The molecule has 0 atom stereocenters. The van der Waals surface area contributed by atoms with E-state index in [-0.39, 0.29) is 5.91 Å². The van der Waals surface area contributed by atoms with E-state index >= 15 is 0 Å². The van der Waals surface area contributed by atoms with Gasteiger partial charge in [-0.3, -0.25) is 4.79 Å². The Labute approximate surface area is 142 Å². The number of hydrogen-bond donors (Lipinski definition) is 1. The fraction of sp³-hybridized carbons (Fsp3) is 0.471. The number of ether oxygens (including phenoxy) is 1. The molecule has 24 heavy (non-hydrogen) atoms. The number of aromatic nitrogens is 3. The number of aryl methyl sites for hydroxylation is 1. The Bertz CT molecular complexity index is 639. The van der Waals surface area contributed by atoms with Crippen LogP contribution in [-0.2, 0) is 4.74 Å². The van der Waals surface area contributed by atoms with Gasteiger partial charge >= 0.3 is 0 Å². The second-order valence-corrected chi connectivity index (χ2v) is 5.79. The summed E-state index contributed by atoms with van der Waals surface area (Å²) in [7, 11) is 3.73. The zero-order chi connectivity index (χ0) is 17.4. The molecule has 1 N–H and O–H groups in total. The Balaban J connectivity index is 1.78. The number of amides is 1. The van der Waals surface area contributed by atoms with Crippen molar-refractivity contribution in [2.24, 2.45) is 0 Å². The van der Waals surface area contributed by atoms with Crippen LogP contribution in [0, 0.1) is 6.92 Å². The smallest absolute Gasteiger partial charge is 0.273 e. The molecule has 1 aromatic carbocycles. The Morgan fingerprint density at radius 1 is 1.29 bits per heavy atom. The average Bonchev–Trinajstić information content (AvgIpc) is 3.07. The first-order chi connectivity index (χ1) is 11.6. The van der Waals surface area contributed by atoms with Gasteiger partial charge in [0.1, 0.15) is 0 Å². The fourth-order valence-electron chi connectivity index (χ4n) is 2.19. The minimum Gasteiger partial charge on any atom is -0.383 e. The van der Waals surface area contributed by atoms with Gasteiger partial charge in [-0.25, -0.2) is 4.68 Å². The first kappa shape index (κ1) is 18.1. The Morgan fingerprint density at radius 3 is 2.75 bits per heavy atom. The third-order valence-corrected chi connectivity index (χ3v) is 3.70. The molecule has 1 amide bonds. The summed E-state index contributed by atoms with van der Waals surface area (Å²) >= 11 is 0. The maximum absolute atomic E-state index is 12.1. The van der Waals surface area contributed by atoms with Gasteiger partial charge in [-0.1, -0.05) is 22.9 Å². The van der Waals surface area contributed by atoms with Crippen molar-refractivity contribution in [2.45, 2.75) is 13.3 Å². The molecule has 0 bridgehead atoms. The number of carbonyl (C=O) groups excluding carboxylic acids is 1. The van der Waals surface area contributed by atoms with Gasteiger partial charge in [0.15, 0.2) is 5.69 Å². The second-order valence-electron chi connectivity index (χ2n) is 5.79. The van der Waals surface area contributed by atoms with Crippen molar-refractivity contribution in [3.63, 3.8) is 0 Å². The maximum Gasteiger partial charge on any atom is 0.273 e. The van der Waals surface area contributed by atoms with E-state index in [0.29, 0.717) is 18.8 Å². The molecular formula is C17H25N5O2. The molecule has 2 rings (SSSR count). The molecule has 0 saturated heterocycles. The summed E-state index contributed by atoms with van der Waals surface area (Å²) in [6.45, 7) is 5.13. The van der Waals surface area contributed by atoms with Gasteiger partial charge in [-0.15, -0.1) is 5.10 Å². The molecule has 0 aliphatic rings. The lowest BCUT2D eigenvalue weighted by molar-refractivity contribution is 0.0946. The summed E-state index contributed by atoms with van der Waals surface area (Å²) < 4.78 is 6.64. The van der Waals surface area contributed by atoms with Crippen molar-refractivity contribution < 1.29 is 9.53 Å². The van der Waals surface area contributed by atoms with E-state index in [0.717, 1.165) is 25.2 Å². The van der Waals surface area contributed by atoms with E-state index < -0.39 is 0 Å². The summed E-state index contributed by atoms with van der Waals surface area (Å²) in [5.74, 6) is -0.201. The molecule has 0 radical (unpaired) electrons. The number of likely N-dealkylation sites (N-methyl/N-ethyl adjacent to an activating group) is 1. The number of nitrogens with one attached hydrogen (secondary N) is 1. The summed E-state index contributed by atoms with van der Waals surface area (Å²) in [4.78, 5) is 14.3. The minimum absolute atomic E-state index is 0.201. The summed E-state index contributed by atoms with van der Waals surface area (Å²) in [6.07, 6.45) is 2.52. The van der Waals surface area contributed by atoms with Gasteiger partial charge in [0.25, 0.3) is 5.91 Å². The van der Waals surface area contributed by atoms with Crippen LogP contribution < -0.4 is 5.32 Å². The standard InChI is InChI=1S/C17H25N5O2/c1-14-5-7-15(8-6-14)22-13-16(19-20-22)17(23)18-9-4-10-21(2)11-12-24-3/h5-8,13H,4,9-12H2,1-3H3,(H,18,23). The molecule has 0 aliphatic carbocycles. The first-order valence-corrected chi connectivity index (χ1v) is 8.05. The van der Waals surface area contributed by atoms with E-state index in [2.05, 4.69) is 20.5 Å². The van der Waals surface area contributed by atoms with E-state index in [1.807, 2.05) is 38.2 Å². The SMILES string of the molecule is COCCN(C)CCCNC(=O)c1cn(-c2ccc(C)cc2)nn1. The summed E-state index contributed by atoms with van der Waals surface area (Å²) in [5.41, 5.74) is 2.38. The molecule has 1 heterocycles. The minimum atomic E-state index is -0.201. The third-order valence-electron chi connectivity index (χ3n) is 3.70. The van der Waals surface area contributed by atoms with Crippen LogP contribution in [0.15, 0.2) is 30.5 Å². The Kier molecular flexibility index (Phi) is 6.89. The molecule has 0 fully saturated rings. The van der Waals surface area contributed by atoms with Gasteiger partial charge in [-0.05, 0) is 39.1 Å². The zero-order valence-electron chi connectivity index (χ0n) is 14.5. The molecule has 7 heteroatoms. The van der Waals surface area contributed by atoms with Crippen LogP contribution in [0.2, 0.25) is 0 Å². The van der Waals surface area contributed by atoms with Crippen LogP contribution in [-0.4, -0.2) is 66.2 Å². The van der Waals surface area contributed by atoms with Gasteiger partial charge in [0.2, 0.25) is 0 Å². The monoisotopic (exact) mass is 331 g/mol. The highest BCUT2D eigenvalue weighted by Crippen LogP contribution is 2.08. The fourth-order valence-corrected chi connectivity index (χ4v) is 2.19.